The van der Waals surface area contributed by atoms with E-state index in [0.717, 1.165) is 24.5 Å². The van der Waals surface area contributed by atoms with Crippen LogP contribution in [0.25, 0.3) is 0 Å². The Kier molecular flexibility index (Phi) is 7.02. The molecule has 0 bridgehead atoms. The van der Waals surface area contributed by atoms with Gasteiger partial charge in [-0.05, 0) is 32.9 Å². The van der Waals surface area contributed by atoms with E-state index in [-0.39, 0.29) is 17.3 Å². The van der Waals surface area contributed by atoms with Gasteiger partial charge in [-0.3, -0.25) is 9.58 Å². The van der Waals surface area contributed by atoms with Crippen LogP contribution in [0.3, 0.4) is 0 Å². The Bertz CT molecular complexity index is 893. The van der Waals surface area contributed by atoms with E-state index >= 15 is 0 Å². The van der Waals surface area contributed by atoms with Gasteiger partial charge in [0.25, 0.3) is 0 Å². The van der Waals surface area contributed by atoms with Crippen LogP contribution in [0.4, 0.5) is 4.39 Å². The van der Waals surface area contributed by atoms with E-state index in [0.29, 0.717) is 26.2 Å². The Morgan fingerprint density at radius 1 is 1.11 bits per heavy atom. The Balaban J connectivity index is 0.00000261. The van der Waals surface area contributed by atoms with Gasteiger partial charge in [0.15, 0.2) is 0 Å². The molecule has 150 valence electrons. The summed E-state index contributed by atoms with van der Waals surface area (Å²) in [5.74, 6) is -0.701. The van der Waals surface area contributed by atoms with E-state index in [2.05, 4.69) is 23.8 Å². The first-order chi connectivity index (χ1) is 12.3. The lowest BCUT2D eigenvalue weighted by Crippen LogP contribution is -2.48. The number of benzene rings is 1. The van der Waals surface area contributed by atoms with Crippen LogP contribution < -0.4 is 0 Å². The SMILES string of the molecule is CCn1nc(C)c(CN2CCN(S(=O)(=O)c3ccccc3F)CC2)c1C.Cl. The molecule has 1 aliphatic heterocycles. The number of rotatable bonds is 5. The maximum atomic E-state index is 13.9. The van der Waals surface area contributed by atoms with E-state index in [1.807, 2.05) is 11.6 Å². The molecule has 0 radical (unpaired) electrons. The van der Waals surface area contributed by atoms with E-state index in [1.54, 1.807) is 6.07 Å². The second kappa shape index (κ2) is 8.68. The molecule has 1 fully saturated rings. The van der Waals surface area contributed by atoms with E-state index in [9.17, 15) is 12.8 Å². The predicted octanol–water partition coefficient (Wildman–Crippen LogP) is 2.59. The lowest BCUT2D eigenvalue weighted by Gasteiger charge is -2.34. The third-order valence-corrected chi connectivity index (χ3v) is 6.93. The minimum absolute atomic E-state index is 0. The minimum Gasteiger partial charge on any atom is -0.296 e. The lowest BCUT2D eigenvalue weighted by atomic mass is 10.1. The summed E-state index contributed by atoms with van der Waals surface area (Å²) in [7, 11) is -3.79. The molecule has 0 unspecified atom stereocenters. The highest BCUT2D eigenvalue weighted by Crippen LogP contribution is 2.22. The smallest absolute Gasteiger partial charge is 0.246 e. The number of sulfonamides is 1. The Hall–Kier alpha value is -1.48. The van der Waals surface area contributed by atoms with E-state index in [4.69, 9.17) is 0 Å². The summed E-state index contributed by atoms with van der Waals surface area (Å²) in [6.45, 7) is 9.67. The molecular formula is C18H26ClFN4O2S. The second-order valence-corrected chi connectivity index (χ2v) is 8.48. The quantitative estimate of drug-likeness (QED) is 0.751. The number of nitrogens with zero attached hydrogens (tertiary/aromatic N) is 4. The van der Waals surface area contributed by atoms with Gasteiger partial charge in [0.1, 0.15) is 10.7 Å². The van der Waals surface area contributed by atoms with Gasteiger partial charge >= 0.3 is 0 Å². The molecule has 0 N–H and O–H groups in total. The molecule has 1 aliphatic rings. The molecule has 1 saturated heterocycles. The third kappa shape index (κ3) is 4.34. The first kappa shape index (κ1) is 21.8. The maximum Gasteiger partial charge on any atom is 0.246 e. The molecular weight excluding hydrogens is 391 g/mol. The highest BCUT2D eigenvalue weighted by Gasteiger charge is 2.30. The van der Waals surface area contributed by atoms with Crippen molar-refractivity contribution in [2.75, 3.05) is 26.2 Å². The van der Waals surface area contributed by atoms with Crippen molar-refractivity contribution >= 4 is 22.4 Å². The van der Waals surface area contributed by atoms with Gasteiger partial charge in [0.05, 0.1) is 5.69 Å². The summed E-state index contributed by atoms with van der Waals surface area (Å²) in [5.41, 5.74) is 3.38. The van der Waals surface area contributed by atoms with Crippen molar-refractivity contribution in [1.82, 2.24) is 19.0 Å². The van der Waals surface area contributed by atoms with E-state index in [1.165, 1.54) is 28.1 Å². The van der Waals surface area contributed by atoms with Crippen LogP contribution >= 0.6 is 12.4 Å². The fraction of sp³-hybridized carbons (Fsp3) is 0.500. The topological polar surface area (TPSA) is 58.4 Å². The number of aryl methyl sites for hydroxylation is 2. The van der Waals surface area contributed by atoms with Gasteiger partial charge in [-0.15, -0.1) is 12.4 Å². The fourth-order valence-corrected chi connectivity index (χ4v) is 4.90. The highest BCUT2D eigenvalue weighted by molar-refractivity contribution is 7.89. The molecule has 9 heteroatoms. The highest BCUT2D eigenvalue weighted by atomic mass is 35.5. The molecule has 1 aromatic carbocycles. The van der Waals surface area contributed by atoms with Gasteiger partial charge in [0, 0.05) is 50.5 Å². The first-order valence-corrected chi connectivity index (χ1v) is 10.3. The monoisotopic (exact) mass is 416 g/mol. The van der Waals surface area contributed by atoms with Crippen LogP contribution in [0.5, 0.6) is 0 Å². The van der Waals surface area contributed by atoms with Crippen molar-refractivity contribution in [3.05, 3.63) is 47.0 Å². The van der Waals surface area contributed by atoms with Crippen molar-refractivity contribution in [2.24, 2.45) is 0 Å². The summed E-state index contributed by atoms with van der Waals surface area (Å²) in [5, 5.41) is 4.54. The molecule has 0 spiro atoms. The molecule has 3 rings (SSSR count). The molecule has 0 saturated carbocycles. The zero-order chi connectivity index (χ0) is 18.9. The molecule has 2 aromatic rings. The number of piperazine rings is 1. The molecule has 0 atom stereocenters. The van der Waals surface area contributed by atoms with Crippen molar-refractivity contribution in [3.8, 4) is 0 Å². The van der Waals surface area contributed by atoms with Gasteiger partial charge in [-0.25, -0.2) is 12.8 Å². The van der Waals surface area contributed by atoms with Crippen molar-refractivity contribution < 1.29 is 12.8 Å². The molecule has 27 heavy (non-hydrogen) atoms. The molecule has 1 aromatic heterocycles. The Morgan fingerprint density at radius 2 is 1.74 bits per heavy atom. The average molecular weight is 417 g/mol. The summed E-state index contributed by atoms with van der Waals surface area (Å²) in [6, 6.07) is 5.54. The summed E-state index contributed by atoms with van der Waals surface area (Å²) >= 11 is 0. The zero-order valence-electron chi connectivity index (χ0n) is 15.9. The number of aromatic nitrogens is 2. The molecule has 0 amide bonds. The van der Waals surface area contributed by atoms with Crippen molar-refractivity contribution in [1.29, 1.82) is 0 Å². The van der Waals surface area contributed by atoms with Crippen LogP contribution in [-0.2, 0) is 23.1 Å². The normalized spacial score (nSPS) is 16.3. The van der Waals surface area contributed by atoms with Crippen LogP contribution in [0.2, 0.25) is 0 Å². The number of hydrogen-bond acceptors (Lipinski definition) is 4. The summed E-state index contributed by atoms with van der Waals surface area (Å²) < 4.78 is 42.6. The van der Waals surface area contributed by atoms with Gasteiger partial charge in [-0.2, -0.15) is 9.40 Å². The Labute approximate surface area is 166 Å². The molecule has 0 aliphatic carbocycles. The standard InChI is InChI=1S/C18H25FN4O2S.ClH/c1-4-23-15(3)16(14(2)20-23)13-21-9-11-22(12-10-21)26(24,25)18-8-6-5-7-17(18)19;/h5-8H,4,9-13H2,1-3H3;1H. The zero-order valence-corrected chi connectivity index (χ0v) is 17.5. The summed E-state index contributed by atoms with van der Waals surface area (Å²) in [6.07, 6.45) is 0. The molecule has 2 heterocycles. The van der Waals surface area contributed by atoms with Crippen molar-refractivity contribution in [3.63, 3.8) is 0 Å². The van der Waals surface area contributed by atoms with Gasteiger partial charge in [0.2, 0.25) is 10.0 Å². The van der Waals surface area contributed by atoms with Gasteiger partial charge < -0.3 is 0 Å². The van der Waals surface area contributed by atoms with Crippen LogP contribution in [-0.4, -0.2) is 53.6 Å². The maximum absolute atomic E-state index is 13.9. The van der Waals surface area contributed by atoms with Crippen LogP contribution in [0.1, 0.15) is 23.9 Å². The van der Waals surface area contributed by atoms with Crippen LogP contribution in [0.15, 0.2) is 29.2 Å². The Morgan fingerprint density at radius 3 is 2.30 bits per heavy atom. The number of hydrogen-bond donors (Lipinski definition) is 0. The first-order valence-electron chi connectivity index (χ1n) is 8.84. The lowest BCUT2D eigenvalue weighted by molar-refractivity contribution is 0.181. The summed E-state index contributed by atoms with van der Waals surface area (Å²) in [4.78, 5) is 1.98. The predicted molar refractivity (Wildman–Crippen MR) is 105 cm³/mol. The largest absolute Gasteiger partial charge is 0.296 e. The second-order valence-electron chi connectivity index (χ2n) is 6.58. The minimum atomic E-state index is -3.79. The average Bonchev–Trinajstić information content (AvgIpc) is 2.90. The molecule has 6 nitrogen and oxygen atoms in total. The van der Waals surface area contributed by atoms with Crippen molar-refractivity contribution in [2.45, 2.75) is 38.8 Å². The number of halogens is 2. The fourth-order valence-electron chi connectivity index (χ4n) is 3.42. The van der Waals surface area contributed by atoms with E-state index < -0.39 is 15.8 Å². The van der Waals surface area contributed by atoms with Crippen LogP contribution in [0, 0.1) is 19.7 Å². The van der Waals surface area contributed by atoms with Gasteiger partial charge in [-0.1, -0.05) is 12.1 Å². The third-order valence-electron chi connectivity index (χ3n) is 5.00.